The Labute approximate surface area is 171 Å². The maximum absolute atomic E-state index is 13.5. The normalized spacial score (nSPS) is 20.6. The first-order chi connectivity index (χ1) is 13.8. The standard InChI is InChI=1S/C20H26FN5O2S/c1-13-10-15(4-5-17(13)21)29(27,28)26-9-6-14(11-26)19-23-18-7-8-25(3)12-16(18)20(22-2)24-19/h4-5,10,14H,6-9,11-12H2,1-3H3,(H,22,23,24)/t14-/m0/s1. The van der Waals surface area contributed by atoms with Crippen molar-refractivity contribution >= 4 is 15.8 Å². The molecule has 156 valence electrons. The number of aryl methyl sites for hydroxylation is 1. The Morgan fingerprint density at radius 3 is 2.76 bits per heavy atom. The van der Waals surface area contributed by atoms with Gasteiger partial charge in [-0.3, -0.25) is 0 Å². The lowest BCUT2D eigenvalue weighted by Gasteiger charge is -2.26. The first-order valence-corrected chi connectivity index (χ1v) is 11.3. The number of hydrogen-bond acceptors (Lipinski definition) is 6. The van der Waals surface area contributed by atoms with Gasteiger partial charge in [0, 0.05) is 51.1 Å². The van der Waals surface area contributed by atoms with E-state index in [0.717, 1.165) is 36.6 Å². The summed E-state index contributed by atoms with van der Waals surface area (Å²) < 4.78 is 41.0. The van der Waals surface area contributed by atoms with Gasteiger partial charge in [-0.05, 0) is 44.2 Å². The van der Waals surface area contributed by atoms with E-state index >= 15 is 0 Å². The minimum absolute atomic E-state index is 0.0524. The fourth-order valence-electron chi connectivity index (χ4n) is 4.04. The van der Waals surface area contributed by atoms with Gasteiger partial charge in [0.25, 0.3) is 0 Å². The number of aromatic nitrogens is 2. The maximum atomic E-state index is 13.5. The molecule has 1 aromatic carbocycles. The number of anilines is 1. The molecular formula is C20H26FN5O2S. The molecular weight excluding hydrogens is 393 g/mol. The van der Waals surface area contributed by atoms with Crippen LogP contribution >= 0.6 is 0 Å². The van der Waals surface area contributed by atoms with Crippen molar-refractivity contribution in [1.82, 2.24) is 19.2 Å². The molecule has 0 saturated carbocycles. The average molecular weight is 420 g/mol. The largest absolute Gasteiger partial charge is 0.373 e. The molecule has 7 nitrogen and oxygen atoms in total. The number of halogens is 1. The van der Waals surface area contributed by atoms with Crippen LogP contribution in [0.1, 0.15) is 35.0 Å². The van der Waals surface area contributed by atoms with Crippen LogP contribution in [0.2, 0.25) is 0 Å². The number of fused-ring (bicyclic) bond motifs is 1. The molecule has 3 heterocycles. The molecule has 2 aliphatic heterocycles. The summed E-state index contributed by atoms with van der Waals surface area (Å²) in [5.41, 5.74) is 2.49. The molecule has 29 heavy (non-hydrogen) atoms. The fourth-order valence-corrected chi connectivity index (χ4v) is 5.63. The van der Waals surface area contributed by atoms with Crippen LogP contribution in [-0.4, -0.2) is 61.3 Å². The molecule has 0 unspecified atom stereocenters. The highest BCUT2D eigenvalue weighted by Gasteiger charge is 2.35. The number of benzene rings is 1. The Hall–Kier alpha value is -2.10. The lowest BCUT2D eigenvalue weighted by atomic mass is 10.0. The summed E-state index contributed by atoms with van der Waals surface area (Å²) >= 11 is 0. The second-order valence-corrected chi connectivity index (χ2v) is 9.79. The minimum atomic E-state index is -3.67. The van der Waals surface area contributed by atoms with Crippen LogP contribution in [0.25, 0.3) is 0 Å². The number of hydrogen-bond donors (Lipinski definition) is 1. The fraction of sp³-hybridized carbons (Fsp3) is 0.500. The zero-order valence-electron chi connectivity index (χ0n) is 16.9. The van der Waals surface area contributed by atoms with Crippen LogP contribution in [0.5, 0.6) is 0 Å². The molecule has 9 heteroatoms. The summed E-state index contributed by atoms with van der Waals surface area (Å²) in [6.45, 7) is 4.06. The van der Waals surface area contributed by atoms with E-state index in [-0.39, 0.29) is 10.8 Å². The Bertz CT molecular complexity index is 1030. The van der Waals surface area contributed by atoms with Gasteiger partial charge in [-0.25, -0.2) is 22.8 Å². The van der Waals surface area contributed by atoms with Gasteiger partial charge in [-0.1, -0.05) is 0 Å². The molecule has 0 bridgehead atoms. The second-order valence-electron chi connectivity index (χ2n) is 7.85. The highest BCUT2D eigenvalue weighted by Crippen LogP contribution is 2.32. The number of sulfonamides is 1. The van der Waals surface area contributed by atoms with Gasteiger partial charge >= 0.3 is 0 Å². The van der Waals surface area contributed by atoms with E-state index < -0.39 is 15.8 Å². The van der Waals surface area contributed by atoms with Crippen molar-refractivity contribution in [3.8, 4) is 0 Å². The van der Waals surface area contributed by atoms with Gasteiger partial charge in [0.05, 0.1) is 10.6 Å². The molecule has 0 radical (unpaired) electrons. The third-order valence-electron chi connectivity index (χ3n) is 5.79. The predicted octanol–water partition coefficient (Wildman–Crippen LogP) is 2.13. The average Bonchev–Trinajstić information content (AvgIpc) is 3.20. The quantitative estimate of drug-likeness (QED) is 0.818. The van der Waals surface area contributed by atoms with E-state index in [9.17, 15) is 12.8 Å². The first kappa shape index (κ1) is 20.2. The Morgan fingerprint density at radius 1 is 1.24 bits per heavy atom. The predicted molar refractivity (Wildman–Crippen MR) is 109 cm³/mol. The van der Waals surface area contributed by atoms with Crippen LogP contribution in [-0.2, 0) is 23.0 Å². The highest BCUT2D eigenvalue weighted by molar-refractivity contribution is 7.89. The molecule has 0 spiro atoms. The SMILES string of the molecule is CNc1nc([C@H]2CCN(S(=O)(=O)c3ccc(F)c(C)c3)C2)nc2c1CN(C)CC2. The van der Waals surface area contributed by atoms with Gasteiger partial charge in [0.15, 0.2) is 0 Å². The topological polar surface area (TPSA) is 78.4 Å². The zero-order chi connectivity index (χ0) is 20.8. The van der Waals surface area contributed by atoms with Crippen LogP contribution in [0, 0.1) is 12.7 Å². The molecule has 4 rings (SSSR count). The second kappa shape index (κ2) is 7.62. The maximum Gasteiger partial charge on any atom is 0.243 e. The summed E-state index contributed by atoms with van der Waals surface area (Å²) in [5.74, 6) is 1.07. The minimum Gasteiger partial charge on any atom is -0.373 e. The molecule has 1 aromatic heterocycles. The lowest BCUT2D eigenvalue weighted by molar-refractivity contribution is 0.309. The van der Waals surface area contributed by atoms with Gasteiger partial charge in [-0.2, -0.15) is 4.31 Å². The van der Waals surface area contributed by atoms with Crippen molar-refractivity contribution < 1.29 is 12.8 Å². The molecule has 0 amide bonds. The van der Waals surface area contributed by atoms with Gasteiger partial charge in [0.2, 0.25) is 10.0 Å². The summed E-state index contributed by atoms with van der Waals surface area (Å²) in [4.78, 5) is 11.9. The number of likely N-dealkylation sites (N-methyl/N-ethyl adjacent to an activating group) is 1. The smallest absolute Gasteiger partial charge is 0.243 e. The van der Waals surface area contributed by atoms with E-state index in [1.807, 2.05) is 7.05 Å². The number of rotatable bonds is 4. The van der Waals surface area contributed by atoms with Crippen molar-refractivity contribution in [2.45, 2.75) is 37.1 Å². The van der Waals surface area contributed by atoms with Crippen LogP contribution < -0.4 is 5.32 Å². The Balaban J connectivity index is 1.59. The van der Waals surface area contributed by atoms with E-state index in [1.165, 1.54) is 22.5 Å². The molecule has 1 N–H and O–H groups in total. The summed E-state index contributed by atoms with van der Waals surface area (Å²) in [6, 6.07) is 3.93. The van der Waals surface area contributed by atoms with Crippen molar-refractivity contribution in [2.75, 3.05) is 39.0 Å². The summed E-state index contributed by atoms with van der Waals surface area (Å²) in [7, 11) is 0.257. The van der Waals surface area contributed by atoms with Crippen molar-refractivity contribution in [3.63, 3.8) is 0 Å². The lowest BCUT2D eigenvalue weighted by Crippen LogP contribution is -2.30. The monoisotopic (exact) mass is 419 g/mol. The number of nitrogens with zero attached hydrogens (tertiary/aromatic N) is 4. The summed E-state index contributed by atoms with van der Waals surface area (Å²) in [6.07, 6.45) is 1.53. The van der Waals surface area contributed by atoms with Crippen molar-refractivity contribution in [1.29, 1.82) is 0 Å². The van der Waals surface area contributed by atoms with Crippen LogP contribution in [0.3, 0.4) is 0 Å². The van der Waals surface area contributed by atoms with Crippen LogP contribution in [0.4, 0.5) is 10.2 Å². The third-order valence-corrected chi connectivity index (χ3v) is 7.65. The molecule has 0 aliphatic carbocycles. The summed E-state index contributed by atoms with van der Waals surface area (Å²) in [5, 5.41) is 3.17. The van der Waals surface area contributed by atoms with E-state index in [4.69, 9.17) is 9.97 Å². The van der Waals surface area contributed by atoms with E-state index in [2.05, 4.69) is 17.3 Å². The van der Waals surface area contributed by atoms with E-state index in [0.29, 0.717) is 30.9 Å². The Morgan fingerprint density at radius 2 is 2.03 bits per heavy atom. The highest BCUT2D eigenvalue weighted by atomic mass is 32.2. The van der Waals surface area contributed by atoms with Gasteiger partial charge in [-0.15, -0.1) is 0 Å². The first-order valence-electron chi connectivity index (χ1n) is 9.82. The Kier molecular flexibility index (Phi) is 5.30. The third kappa shape index (κ3) is 3.74. The molecule has 1 atom stereocenters. The van der Waals surface area contributed by atoms with Crippen molar-refractivity contribution in [2.24, 2.45) is 0 Å². The van der Waals surface area contributed by atoms with E-state index in [1.54, 1.807) is 6.92 Å². The van der Waals surface area contributed by atoms with Crippen molar-refractivity contribution in [3.05, 3.63) is 46.7 Å². The molecule has 1 saturated heterocycles. The van der Waals surface area contributed by atoms with Gasteiger partial charge < -0.3 is 10.2 Å². The van der Waals surface area contributed by atoms with Crippen LogP contribution in [0.15, 0.2) is 23.1 Å². The zero-order valence-corrected chi connectivity index (χ0v) is 17.8. The van der Waals surface area contributed by atoms with Gasteiger partial charge in [0.1, 0.15) is 17.5 Å². The molecule has 2 aromatic rings. The molecule has 2 aliphatic rings. The number of nitrogens with one attached hydrogen (secondary N) is 1. The molecule has 1 fully saturated rings.